The van der Waals surface area contributed by atoms with E-state index in [-0.39, 0.29) is 18.5 Å². The van der Waals surface area contributed by atoms with Crippen molar-refractivity contribution in [3.8, 4) is 11.1 Å². The number of nitrogens with zero attached hydrogens (tertiary/aromatic N) is 1. The molecule has 30 heavy (non-hydrogen) atoms. The zero-order chi connectivity index (χ0) is 22.1. The van der Waals surface area contributed by atoms with Crippen molar-refractivity contribution in [1.82, 2.24) is 10.2 Å². The highest BCUT2D eigenvalue weighted by atomic mass is 35.5. The number of carbonyl (C=O) groups excluding carboxylic acids is 1. The molecule has 2 aromatic rings. The molecule has 0 radical (unpaired) electrons. The quantitative estimate of drug-likeness (QED) is 0.530. The second kappa shape index (κ2) is 11.6. The van der Waals surface area contributed by atoms with Gasteiger partial charge in [-0.15, -0.1) is 0 Å². The van der Waals surface area contributed by atoms with E-state index in [4.69, 9.17) is 21.4 Å². The molecule has 2 aromatic carbocycles. The van der Waals surface area contributed by atoms with Gasteiger partial charge in [-0.3, -0.25) is 4.79 Å². The van der Waals surface area contributed by atoms with Crippen molar-refractivity contribution in [2.75, 3.05) is 27.3 Å². The highest BCUT2D eigenvalue weighted by Gasteiger charge is 2.22. The number of benzene rings is 2. The third-order valence-corrected chi connectivity index (χ3v) is 5.24. The maximum atomic E-state index is 12.5. The van der Waals surface area contributed by atoms with Gasteiger partial charge < -0.3 is 20.1 Å². The Kier molecular flexibility index (Phi) is 9.15. The van der Waals surface area contributed by atoms with Crippen LogP contribution in [-0.2, 0) is 16.0 Å². The van der Waals surface area contributed by atoms with Crippen LogP contribution in [0.15, 0.2) is 42.5 Å². The minimum Gasteiger partial charge on any atom is -0.465 e. The van der Waals surface area contributed by atoms with E-state index in [1.165, 1.54) is 12.6 Å². The highest BCUT2D eigenvalue weighted by molar-refractivity contribution is 6.33. The molecule has 0 spiro atoms. The molecule has 0 aliphatic heterocycles. The summed E-state index contributed by atoms with van der Waals surface area (Å²) in [6.45, 7) is 2.42. The average Bonchev–Trinajstić information content (AvgIpc) is 2.72. The fraction of sp³-hybridized carbons (Fsp3) is 0.391. The summed E-state index contributed by atoms with van der Waals surface area (Å²) < 4.78 is 5.17. The topological polar surface area (TPSA) is 78.9 Å². The van der Waals surface area contributed by atoms with Gasteiger partial charge in [0.05, 0.1) is 6.04 Å². The Morgan fingerprint density at radius 3 is 2.63 bits per heavy atom. The van der Waals surface area contributed by atoms with Crippen molar-refractivity contribution in [2.45, 2.75) is 32.2 Å². The maximum absolute atomic E-state index is 12.5. The molecular formula is C23H29ClN2O4. The van der Waals surface area contributed by atoms with Crippen molar-refractivity contribution < 1.29 is 19.4 Å². The maximum Gasteiger partial charge on any atom is 0.407 e. The van der Waals surface area contributed by atoms with Crippen molar-refractivity contribution in [2.24, 2.45) is 0 Å². The third kappa shape index (κ3) is 6.47. The molecule has 0 aromatic heterocycles. The van der Waals surface area contributed by atoms with Crippen LogP contribution >= 0.6 is 11.6 Å². The predicted molar refractivity (Wildman–Crippen MR) is 119 cm³/mol. The van der Waals surface area contributed by atoms with Crippen molar-refractivity contribution in [1.29, 1.82) is 0 Å². The number of hydrogen-bond acceptors (Lipinski definition) is 3. The zero-order valence-electron chi connectivity index (χ0n) is 17.7. The van der Waals surface area contributed by atoms with Gasteiger partial charge in [-0.25, -0.2) is 4.79 Å². The first-order valence-corrected chi connectivity index (χ1v) is 10.3. The summed E-state index contributed by atoms with van der Waals surface area (Å²) in [5.74, 6) is -0.365. The van der Waals surface area contributed by atoms with Crippen LogP contribution < -0.4 is 5.32 Å². The number of hydrogen-bond donors (Lipinski definition) is 2. The molecule has 0 fully saturated rings. The van der Waals surface area contributed by atoms with E-state index in [2.05, 4.69) is 24.4 Å². The summed E-state index contributed by atoms with van der Waals surface area (Å²) in [7, 11) is 3.00. The van der Waals surface area contributed by atoms with Gasteiger partial charge in [0.1, 0.15) is 6.54 Å². The minimum absolute atomic E-state index is 0.239. The number of carbonyl (C=O) groups is 2. The third-order valence-electron chi connectivity index (χ3n) is 4.93. The lowest BCUT2D eigenvalue weighted by molar-refractivity contribution is -0.122. The van der Waals surface area contributed by atoms with Gasteiger partial charge in [-0.1, -0.05) is 54.9 Å². The molecular weight excluding hydrogens is 404 g/mol. The van der Waals surface area contributed by atoms with Gasteiger partial charge in [0.25, 0.3) is 0 Å². The first kappa shape index (κ1) is 23.7. The molecule has 0 bridgehead atoms. The second-order valence-corrected chi connectivity index (χ2v) is 7.56. The number of nitrogens with one attached hydrogen (secondary N) is 1. The van der Waals surface area contributed by atoms with Crippen LogP contribution in [0.2, 0.25) is 5.02 Å². The van der Waals surface area contributed by atoms with Gasteiger partial charge in [-0.05, 0) is 42.0 Å². The molecule has 6 nitrogen and oxygen atoms in total. The molecule has 0 aliphatic carbocycles. The Bertz CT molecular complexity index is 872. The van der Waals surface area contributed by atoms with Crippen LogP contribution in [-0.4, -0.2) is 49.3 Å². The molecule has 1 atom stereocenters. The number of amides is 2. The Balaban J connectivity index is 2.41. The van der Waals surface area contributed by atoms with E-state index < -0.39 is 6.09 Å². The van der Waals surface area contributed by atoms with Gasteiger partial charge in [0, 0.05) is 31.4 Å². The number of aryl methyl sites for hydroxylation is 1. The summed E-state index contributed by atoms with van der Waals surface area (Å²) in [5.41, 5.74) is 3.96. The van der Waals surface area contributed by atoms with E-state index in [9.17, 15) is 9.59 Å². The lowest BCUT2D eigenvalue weighted by atomic mass is 9.91. The SMILES string of the molecule is CCc1cccc(-c2c(Cl)cccc2C(CCCOC)NC(=O)CN(C)C(=O)O)c1. The lowest BCUT2D eigenvalue weighted by Gasteiger charge is -2.24. The summed E-state index contributed by atoms with van der Waals surface area (Å²) in [4.78, 5) is 24.5. The number of ether oxygens (including phenoxy) is 1. The second-order valence-electron chi connectivity index (χ2n) is 7.15. The first-order chi connectivity index (χ1) is 14.4. The summed E-state index contributed by atoms with van der Waals surface area (Å²) in [6, 6.07) is 13.5. The van der Waals surface area contributed by atoms with Crippen LogP contribution in [0.25, 0.3) is 11.1 Å². The normalized spacial score (nSPS) is 11.7. The molecule has 2 rings (SSSR count). The van der Waals surface area contributed by atoms with Crippen molar-refractivity contribution in [3.05, 3.63) is 58.6 Å². The lowest BCUT2D eigenvalue weighted by Crippen LogP contribution is -2.39. The Labute approximate surface area is 182 Å². The monoisotopic (exact) mass is 432 g/mol. The van der Waals surface area contributed by atoms with Gasteiger partial charge >= 0.3 is 6.09 Å². The molecule has 0 heterocycles. The van der Waals surface area contributed by atoms with Gasteiger partial charge in [0.2, 0.25) is 5.91 Å². The predicted octanol–water partition coefficient (Wildman–Crippen LogP) is 4.76. The van der Waals surface area contributed by atoms with Crippen LogP contribution in [0.3, 0.4) is 0 Å². The number of carboxylic acid groups (broad SMARTS) is 1. The molecule has 2 N–H and O–H groups in total. The molecule has 0 saturated carbocycles. The molecule has 1 unspecified atom stereocenters. The van der Waals surface area contributed by atoms with Crippen LogP contribution in [0.4, 0.5) is 4.79 Å². The van der Waals surface area contributed by atoms with E-state index in [0.717, 1.165) is 34.4 Å². The van der Waals surface area contributed by atoms with Crippen LogP contribution in [0, 0.1) is 0 Å². The molecule has 7 heteroatoms. The fourth-order valence-electron chi connectivity index (χ4n) is 3.34. The Morgan fingerprint density at radius 2 is 1.97 bits per heavy atom. The molecule has 162 valence electrons. The summed E-state index contributed by atoms with van der Waals surface area (Å²) in [6.07, 6.45) is 1.12. The first-order valence-electron chi connectivity index (χ1n) is 9.97. The van der Waals surface area contributed by atoms with Gasteiger partial charge in [-0.2, -0.15) is 0 Å². The number of methoxy groups -OCH3 is 1. The fourth-order valence-corrected chi connectivity index (χ4v) is 3.63. The summed E-state index contributed by atoms with van der Waals surface area (Å²) >= 11 is 6.60. The van der Waals surface area contributed by atoms with E-state index in [0.29, 0.717) is 18.1 Å². The number of likely N-dealkylation sites (N-methyl/N-ethyl adjacent to an activating group) is 1. The Hall–Kier alpha value is -2.57. The Morgan fingerprint density at radius 1 is 1.23 bits per heavy atom. The van der Waals surface area contributed by atoms with Crippen LogP contribution in [0.1, 0.15) is 36.9 Å². The van der Waals surface area contributed by atoms with E-state index in [1.807, 2.05) is 30.3 Å². The van der Waals surface area contributed by atoms with Crippen LogP contribution in [0.5, 0.6) is 0 Å². The van der Waals surface area contributed by atoms with E-state index in [1.54, 1.807) is 7.11 Å². The number of rotatable bonds is 10. The largest absolute Gasteiger partial charge is 0.465 e. The van der Waals surface area contributed by atoms with Crippen molar-refractivity contribution in [3.63, 3.8) is 0 Å². The van der Waals surface area contributed by atoms with Crippen molar-refractivity contribution >= 4 is 23.6 Å². The van der Waals surface area contributed by atoms with Gasteiger partial charge in [0.15, 0.2) is 0 Å². The summed E-state index contributed by atoms with van der Waals surface area (Å²) in [5, 5.41) is 12.6. The highest BCUT2D eigenvalue weighted by Crippen LogP contribution is 2.36. The zero-order valence-corrected chi connectivity index (χ0v) is 18.4. The standard InChI is InChI=1S/C23H29ClN2O4/c1-4-16-8-5-9-17(14-16)22-18(10-6-11-19(22)24)20(12-7-13-30-3)25-21(27)15-26(2)23(28)29/h5-6,8-11,14,20H,4,7,12-13,15H2,1-3H3,(H,25,27)(H,28,29). The molecule has 2 amide bonds. The molecule has 0 saturated heterocycles. The van der Waals surface area contributed by atoms with E-state index >= 15 is 0 Å². The smallest absolute Gasteiger partial charge is 0.407 e. The molecule has 0 aliphatic rings. The number of halogens is 1. The average molecular weight is 433 g/mol. The minimum atomic E-state index is -1.15.